The molecule has 0 saturated carbocycles. The Labute approximate surface area is 362 Å². The molecular weight excluding hydrogens is 775 g/mol. The second-order valence-corrected chi connectivity index (χ2v) is 16.2. The van der Waals surface area contributed by atoms with Crippen LogP contribution >= 0.6 is 0 Å². The molecule has 0 aliphatic rings. The van der Waals surface area contributed by atoms with Crippen molar-refractivity contribution >= 4 is 53.9 Å². The number of furan rings is 1. The Balaban J connectivity index is 1.35. The number of benzene rings is 11. The van der Waals surface area contributed by atoms with Crippen LogP contribution in [0.25, 0.3) is 121 Å². The Hall–Kier alpha value is -8.14. The normalized spacial score (nSPS) is 11.7. The Kier molecular flexibility index (Phi) is 8.62. The SMILES string of the molecule is Fc1cc2c(-c3ccccc3)c3cc4c(-c5ccccc5)c5cc6c(-c7ccccc7)oc(-c7ccccc7)c6cc5c(-c5ccccc5)c4cc3c(-c3ccccc3)c2cc1F. The molecular formula is C60H36F2O. The van der Waals surface area contributed by atoms with E-state index in [0.29, 0.717) is 10.8 Å². The van der Waals surface area contributed by atoms with E-state index in [1.807, 2.05) is 72.8 Å². The quantitative estimate of drug-likeness (QED) is 0.153. The van der Waals surface area contributed by atoms with Gasteiger partial charge < -0.3 is 4.42 Å². The summed E-state index contributed by atoms with van der Waals surface area (Å²) in [6.45, 7) is 0. The summed E-state index contributed by atoms with van der Waals surface area (Å²) < 4.78 is 38.3. The van der Waals surface area contributed by atoms with Crippen molar-refractivity contribution in [1.82, 2.24) is 0 Å². The first kappa shape index (κ1) is 36.7. The summed E-state index contributed by atoms with van der Waals surface area (Å²) in [5, 5.41) is 9.48. The molecule has 0 aliphatic carbocycles. The Morgan fingerprint density at radius 3 is 0.683 bits per heavy atom. The van der Waals surface area contributed by atoms with Crippen molar-refractivity contribution in [2.45, 2.75) is 0 Å². The first-order valence-corrected chi connectivity index (χ1v) is 21.2. The van der Waals surface area contributed by atoms with Gasteiger partial charge in [-0.3, -0.25) is 0 Å². The number of rotatable bonds is 6. The van der Waals surface area contributed by atoms with Gasteiger partial charge in [-0.05, 0) is 124 Å². The van der Waals surface area contributed by atoms with Crippen molar-refractivity contribution in [3.63, 3.8) is 0 Å². The molecule has 12 aromatic rings. The van der Waals surface area contributed by atoms with E-state index in [1.54, 1.807) is 0 Å². The van der Waals surface area contributed by atoms with E-state index in [9.17, 15) is 0 Å². The maximum Gasteiger partial charge on any atom is 0.159 e. The van der Waals surface area contributed by atoms with E-state index in [1.165, 1.54) is 12.1 Å². The standard InChI is InChI=1S/C60H36F2O/c61-53-35-49-50(36-54(53)62)58(40-25-13-4-14-26-40)46-32-44-43(31-45(46)57(49)39-23-11-3-12-24-39)55(37-19-7-1-8-20-37)47-33-51-52(34-48(47)56(44)38-21-9-2-10-22-38)60(42-29-17-6-18-30-42)63-59(51)41-27-15-5-16-28-41/h1-36H. The van der Waals surface area contributed by atoms with Gasteiger partial charge in [0.1, 0.15) is 11.5 Å². The summed E-state index contributed by atoms with van der Waals surface area (Å²) in [5.74, 6) is -0.140. The zero-order chi connectivity index (χ0) is 42.0. The van der Waals surface area contributed by atoms with Crippen LogP contribution in [-0.2, 0) is 0 Å². The molecule has 0 aliphatic heterocycles. The van der Waals surface area contributed by atoms with E-state index in [0.717, 1.165) is 110 Å². The summed E-state index contributed by atoms with van der Waals surface area (Å²) in [6.07, 6.45) is 0. The highest BCUT2D eigenvalue weighted by Crippen LogP contribution is 2.52. The van der Waals surface area contributed by atoms with Crippen LogP contribution in [0.5, 0.6) is 0 Å². The molecule has 0 spiro atoms. The average Bonchev–Trinajstić information content (AvgIpc) is 3.72. The lowest BCUT2D eigenvalue weighted by molar-refractivity contribution is 0.511. The Morgan fingerprint density at radius 2 is 0.429 bits per heavy atom. The van der Waals surface area contributed by atoms with Crippen molar-refractivity contribution in [3.8, 4) is 67.2 Å². The predicted octanol–water partition coefficient (Wildman–Crippen LogP) is 17.3. The highest BCUT2D eigenvalue weighted by atomic mass is 19.2. The van der Waals surface area contributed by atoms with Gasteiger partial charge in [0.2, 0.25) is 0 Å². The van der Waals surface area contributed by atoms with Crippen LogP contribution in [0.1, 0.15) is 0 Å². The fourth-order valence-electron chi connectivity index (χ4n) is 9.84. The molecule has 1 nitrogen and oxygen atoms in total. The number of halogens is 2. The van der Waals surface area contributed by atoms with E-state index < -0.39 is 11.6 Å². The predicted molar refractivity (Wildman–Crippen MR) is 259 cm³/mol. The second-order valence-electron chi connectivity index (χ2n) is 16.2. The summed E-state index contributed by atoms with van der Waals surface area (Å²) in [6, 6.07) is 74.1. The summed E-state index contributed by atoms with van der Waals surface area (Å²) in [7, 11) is 0. The van der Waals surface area contributed by atoms with Crippen LogP contribution in [0, 0.1) is 11.6 Å². The lowest BCUT2D eigenvalue weighted by atomic mass is 9.80. The van der Waals surface area contributed by atoms with Crippen LogP contribution in [0.2, 0.25) is 0 Å². The molecule has 0 N–H and O–H groups in total. The van der Waals surface area contributed by atoms with Crippen LogP contribution < -0.4 is 0 Å². The summed E-state index contributed by atoms with van der Waals surface area (Å²) in [5.41, 5.74) is 9.83. The summed E-state index contributed by atoms with van der Waals surface area (Å²) in [4.78, 5) is 0. The third kappa shape index (κ3) is 5.96. The second kappa shape index (κ2) is 14.8. The topological polar surface area (TPSA) is 13.1 Å². The van der Waals surface area contributed by atoms with Gasteiger partial charge in [-0.15, -0.1) is 0 Å². The fourth-order valence-corrected chi connectivity index (χ4v) is 9.84. The molecule has 0 atom stereocenters. The number of hydrogen-bond donors (Lipinski definition) is 0. The first-order chi connectivity index (χ1) is 31.1. The molecule has 0 bridgehead atoms. The lowest BCUT2D eigenvalue weighted by Gasteiger charge is -2.22. The van der Waals surface area contributed by atoms with Crippen LogP contribution in [-0.4, -0.2) is 0 Å². The van der Waals surface area contributed by atoms with Gasteiger partial charge in [-0.1, -0.05) is 182 Å². The molecule has 1 aromatic heterocycles. The Morgan fingerprint density at radius 1 is 0.222 bits per heavy atom. The highest BCUT2D eigenvalue weighted by Gasteiger charge is 2.26. The number of hydrogen-bond acceptors (Lipinski definition) is 1. The molecule has 12 rings (SSSR count). The van der Waals surface area contributed by atoms with Gasteiger partial charge in [0.15, 0.2) is 11.6 Å². The van der Waals surface area contributed by atoms with Crippen molar-refractivity contribution in [2.75, 3.05) is 0 Å². The van der Waals surface area contributed by atoms with Gasteiger partial charge in [0.05, 0.1) is 0 Å². The summed E-state index contributed by atoms with van der Waals surface area (Å²) >= 11 is 0. The number of fused-ring (bicyclic) bond motifs is 5. The van der Waals surface area contributed by atoms with Crippen molar-refractivity contribution < 1.29 is 13.2 Å². The Bertz CT molecular complexity index is 3450. The molecule has 63 heavy (non-hydrogen) atoms. The fraction of sp³-hybridized carbons (Fsp3) is 0. The van der Waals surface area contributed by atoms with Gasteiger partial charge in [-0.2, -0.15) is 0 Å². The first-order valence-electron chi connectivity index (χ1n) is 21.2. The lowest BCUT2D eigenvalue weighted by Crippen LogP contribution is -1.96. The van der Waals surface area contributed by atoms with Crippen LogP contribution in [0.4, 0.5) is 8.78 Å². The van der Waals surface area contributed by atoms with Gasteiger partial charge in [0, 0.05) is 21.9 Å². The molecule has 0 fully saturated rings. The zero-order valence-corrected chi connectivity index (χ0v) is 33.9. The molecule has 0 radical (unpaired) electrons. The maximum absolute atomic E-state index is 15.6. The monoisotopic (exact) mass is 810 g/mol. The van der Waals surface area contributed by atoms with E-state index >= 15 is 8.78 Å². The molecule has 11 aromatic carbocycles. The minimum absolute atomic E-state index is 0.650. The van der Waals surface area contributed by atoms with E-state index in [-0.39, 0.29) is 0 Å². The highest BCUT2D eigenvalue weighted by molar-refractivity contribution is 6.30. The van der Waals surface area contributed by atoms with Gasteiger partial charge in [0.25, 0.3) is 0 Å². The van der Waals surface area contributed by atoms with Crippen molar-refractivity contribution in [2.24, 2.45) is 0 Å². The van der Waals surface area contributed by atoms with Gasteiger partial charge in [-0.25, -0.2) is 8.78 Å². The van der Waals surface area contributed by atoms with Crippen molar-refractivity contribution in [3.05, 3.63) is 230 Å². The molecule has 296 valence electrons. The molecule has 0 amide bonds. The average molecular weight is 811 g/mol. The van der Waals surface area contributed by atoms with Crippen LogP contribution in [0.3, 0.4) is 0 Å². The smallest absolute Gasteiger partial charge is 0.159 e. The van der Waals surface area contributed by atoms with Crippen molar-refractivity contribution in [1.29, 1.82) is 0 Å². The molecule has 1 heterocycles. The molecule has 0 unspecified atom stereocenters. The zero-order valence-electron chi connectivity index (χ0n) is 33.9. The van der Waals surface area contributed by atoms with E-state index in [4.69, 9.17) is 4.42 Å². The minimum Gasteiger partial charge on any atom is -0.455 e. The third-order valence-electron chi connectivity index (χ3n) is 12.5. The largest absolute Gasteiger partial charge is 0.455 e. The van der Waals surface area contributed by atoms with Crippen LogP contribution in [0.15, 0.2) is 223 Å². The maximum atomic E-state index is 15.6. The molecule has 0 saturated heterocycles. The minimum atomic E-state index is -0.880. The van der Waals surface area contributed by atoms with Gasteiger partial charge >= 0.3 is 0 Å². The molecule has 3 heteroatoms. The third-order valence-corrected chi connectivity index (χ3v) is 12.5. The van der Waals surface area contributed by atoms with E-state index in [2.05, 4.69) is 133 Å².